The van der Waals surface area contributed by atoms with Gasteiger partial charge in [-0.3, -0.25) is 10.2 Å². The Morgan fingerprint density at radius 1 is 1.14 bits per heavy atom. The van der Waals surface area contributed by atoms with E-state index >= 15 is 0 Å². The summed E-state index contributed by atoms with van der Waals surface area (Å²) in [6.45, 7) is 2.16. The molecule has 140 valence electrons. The molecule has 0 radical (unpaired) electrons. The number of esters is 1. The molecular weight excluding hydrogens is 370 g/mol. The van der Waals surface area contributed by atoms with Gasteiger partial charge in [0.15, 0.2) is 0 Å². The lowest BCUT2D eigenvalue weighted by molar-refractivity contribution is -0.142. The minimum absolute atomic E-state index is 0.170. The van der Waals surface area contributed by atoms with Crippen LogP contribution >= 0.6 is 11.3 Å². The van der Waals surface area contributed by atoms with E-state index in [1.807, 2.05) is 35.9 Å². The minimum Gasteiger partial charge on any atom is -0.466 e. The lowest BCUT2D eigenvalue weighted by Gasteiger charge is -2.07. The highest BCUT2D eigenvalue weighted by atomic mass is 32.1. The molecule has 0 fully saturated rings. The third-order valence-corrected chi connectivity index (χ3v) is 5.15. The Balaban J connectivity index is 1.59. The van der Waals surface area contributed by atoms with Gasteiger partial charge in [-0.1, -0.05) is 48.5 Å². The number of benzene rings is 3. The van der Waals surface area contributed by atoms with Gasteiger partial charge in [0.25, 0.3) is 0 Å². The van der Waals surface area contributed by atoms with E-state index < -0.39 is 0 Å². The largest absolute Gasteiger partial charge is 0.466 e. The zero-order valence-corrected chi connectivity index (χ0v) is 16.2. The van der Waals surface area contributed by atoms with E-state index in [-0.39, 0.29) is 12.4 Å². The first-order chi connectivity index (χ1) is 13.7. The number of thiazole rings is 1. The minimum atomic E-state index is -0.273. The summed E-state index contributed by atoms with van der Waals surface area (Å²) in [6.07, 6.45) is 2.00. The molecule has 0 aliphatic rings. The van der Waals surface area contributed by atoms with Crippen LogP contribution in [-0.2, 0) is 16.0 Å². The van der Waals surface area contributed by atoms with Crippen molar-refractivity contribution < 1.29 is 9.53 Å². The van der Waals surface area contributed by atoms with Gasteiger partial charge in [0.05, 0.1) is 24.9 Å². The highest BCUT2D eigenvalue weighted by Gasteiger charge is 2.08. The summed E-state index contributed by atoms with van der Waals surface area (Å²) in [5.74, 6) is -0.273. The second-order valence-corrected chi connectivity index (χ2v) is 7.09. The highest BCUT2D eigenvalue weighted by Crippen LogP contribution is 2.27. The summed E-state index contributed by atoms with van der Waals surface area (Å²) in [4.78, 5) is 15.9. The number of hydrazone groups is 1. The maximum atomic E-state index is 11.6. The fourth-order valence-electron chi connectivity index (χ4n) is 3.14. The number of nitrogens with zero attached hydrogens (tertiary/aromatic N) is 2. The van der Waals surface area contributed by atoms with Gasteiger partial charge in [-0.15, -0.1) is 11.3 Å². The molecule has 6 heteroatoms. The predicted octanol–water partition coefficient (Wildman–Crippen LogP) is 5.00. The van der Waals surface area contributed by atoms with Crippen LogP contribution in [-0.4, -0.2) is 23.8 Å². The van der Waals surface area contributed by atoms with Crippen LogP contribution in [0.3, 0.4) is 0 Å². The second kappa shape index (κ2) is 8.19. The quantitative estimate of drug-likeness (QED) is 0.218. The Hall–Kier alpha value is -3.25. The van der Waals surface area contributed by atoms with E-state index in [1.54, 1.807) is 6.92 Å². The smallest absolute Gasteiger partial charge is 0.311 e. The number of hydrogen-bond acceptors (Lipinski definition) is 6. The number of rotatable bonds is 6. The summed E-state index contributed by atoms with van der Waals surface area (Å²) >= 11 is 1.41. The van der Waals surface area contributed by atoms with E-state index in [0.29, 0.717) is 17.4 Å². The first kappa shape index (κ1) is 18.1. The van der Waals surface area contributed by atoms with Gasteiger partial charge >= 0.3 is 5.97 Å². The standard InChI is InChI=1S/C22H19N3O2S/c1-2-27-21(26)12-17-14-28-22(24-17)25-23-13-20-18-9-5-3-7-15(18)11-16-8-4-6-10-19(16)20/h3-11,13-14H,2,12H2,1H3,(H,24,25). The van der Waals surface area contributed by atoms with Crippen molar-refractivity contribution in [1.82, 2.24) is 4.98 Å². The van der Waals surface area contributed by atoms with Crippen LogP contribution in [0.25, 0.3) is 21.5 Å². The highest BCUT2D eigenvalue weighted by molar-refractivity contribution is 7.13. The van der Waals surface area contributed by atoms with Gasteiger partial charge < -0.3 is 4.74 Å². The van der Waals surface area contributed by atoms with Gasteiger partial charge in [-0.2, -0.15) is 5.10 Å². The van der Waals surface area contributed by atoms with Crippen LogP contribution in [0.2, 0.25) is 0 Å². The molecule has 1 aromatic heterocycles. The summed E-state index contributed by atoms with van der Waals surface area (Å²) < 4.78 is 4.95. The molecule has 5 nitrogen and oxygen atoms in total. The SMILES string of the molecule is CCOC(=O)Cc1csc(NN=Cc2c3ccccc3cc3ccccc23)n1. The molecule has 0 amide bonds. The van der Waals surface area contributed by atoms with E-state index in [2.05, 4.69) is 45.8 Å². The number of carbonyl (C=O) groups excluding carboxylic acids is 1. The zero-order chi connectivity index (χ0) is 19.3. The molecule has 4 rings (SSSR count). The predicted molar refractivity (Wildman–Crippen MR) is 115 cm³/mol. The molecule has 0 bridgehead atoms. The molecule has 4 aromatic rings. The molecule has 1 heterocycles. The van der Waals surface area contributed by atoms with E-state index in [4.69, 9.17) is 4.74 Å². The van der Waals surface area contributed by atoms with Crippen molar-refractivity contribution in [3.8, 4) is 0 Å². The summed E-state index contributed by atoms with van der Waals surface area (Å²) in [5.41, 5.74) is 4.71. The Labute approximate surface area is 166 Å². The lowest BCUT2D eigenvalue weighted by Crippen LogP contribution is -2.07. The third kappa shape index (κ3) is 3.87. The summed E-state index contributed by atoms with van der Waals surface area (Å²) in [7, 11) is 0. The average molecular weight is 389 g/mol. The van der Waals surface area contributed by atoms with Crippen LogP contribution in [0.15, 0.2) is 65.1 Å². The van der Waals surface area contributed by atoms with Crippen molar-refractivity contribution >= 4 is 50.2 Å². The van der Waals surface area contributed by atoms with Gasteiger partial charge in [-0.25, -0.2) is 4.98 Å². The van der Waals surface area contributed by atoms with E-state index in [0.717, 1.165) is 16.3 Å². The Bertz CT molecular complexity index is 1110. The molecule has 0 saturated heterocycles. The molecule has 0 aliphatic carbocycles. The van der Waals surface area contributed by atoms with Crippen LogP contribution < -0.4 is 5.43 Å². The molecule has 0 unspecified atom stereocenters. The Morgan fingerprint density at radius 3 is 2.50 bits per heavy atom. The van der Waals surface area contributed by atoms with E-state index in [1.165, 1.54) is 22.1 Å². The Morgan fingerprint density at radius 2 is 1.82 bits per heavy atom. The topological polar surface area (TPSA) is 63.6 Å². The number of nitrogens with one attached hydrogen (secondary N) is 1. The molecule has 0 atom stereocenters. The van der Waals surface area contributed by atoms with Crippen molar-refractivity contribution in [3.63, 3.8) is 0 Å². The molecule has 0 aliphatic heterocycles. The van der Waals surface area contributed by atoms with Gasteiger partial charge in [0, 0.05) is 10.9 Å². The molecule has 28 heavy (non-hydrogen) atoms. The molecule has 0 saturated carbocycles. The molecule has 0 spiro atoms. The average Bonchev–Trinajstić information content (AvgIpc) is 3.14. The van der Waals surface area contributed by atoms with E-state index in [9.17, 15) is 4.79 Å². The van der Waals surface area contributed by atoms with Crippen molar-refractivity contribution in [2.45, 2.75) is 13.3 Å². The monoisotopic (exact) mass is 389 g/mol. The van der Waals surface area contributed by atoms with Crippen molar-refractivity contribution in [2.24, 2.45) is 5.10 Å². The van der Waals surface area contributed by atoms with Crippen molar-refractivity contribution in [1.29, 1.82) is 0 Å². The number of fused-ring (bicyclic) bond motifs is 2. The number of ether oxygens (including phenoxy) is 1. The maximum absolute atomic E-state index is 11.6. The molecule has 3 aromatic carbocycles. The fourth-order valence-corrected chi connectivity index (χ4v) is 3.80. The van der Waals surface area contributed by atoms with Gasteiger partial charge in [0.1, 0.15) is 0 Å². The van der Waals surface area contributed by atoms with Gasteiger partial charge in [0.2, 0.25) is 5.13 Å². The number of aromatic nitrogens is 1. The summed E-state index contributed by atoms with van der Waals surface area (Å²) in [5, 5.41) is 11.5. The second-order valence-electron chi connectivity index (χ2n) is 6.23. The first-order valence-electron chi connectivity index (χ1n) is 9.04. The number of anilines is 1. The summed E-state index contributed by atoms with van der Waals surface area (Å²) in [6, 6.07) is 18.7. The number of carbonyl (C=O) groups is 1. The normalized spacial score (nSPS) is 11.3. The zero-order valence-electron chi connectivity index (χ0n) is 15.4. The van der Waals surface area contributed by atoms with Crippen molar-refractivity contribution in [2.75, 3.05) is 12.0 Å². The van der Waals surface area contributed by atoms with Crippen LogP contribution in [0.4, 0.5) is 5.13 Å². The molecular formula is C22H19N3O2S. The Kier molecular flexibility index (Phi) is 5.30. The molecule has 1 N–H and O–H groups in total. The number of hydrogen-bond donors (Lipinski definition) is 1. The maximum Gasteiger partial charge on any atom is 0.311 e. The first-order valence-corrected chi connectivity index (χ1v) is 9.92. The van der Waals surface area contributed by atoms with Crippen LogP contribution in [0.5, 0.6) is 0 Å². The fraction of sp³-hybridized carbons (Fsp3) is 0.136. The van der Waals surface area contributed by atoms with Gasteiger partial charge in [-0.05, 0) is 34.5 Å². The van der Waals surface area contributed by atoms with Crippen LogP contribution in [0.1, 0.15) is 18.2 Å². The lowest BCUT2D eigenvalue weighted by atomic mass is 9.97. The third-order valence-electron chi connectivity index (χ3n) is 4.35. The van der Waals surface area contributed by atoms with Crippen molar-refractivity contribution in [3.05, 3.63) is 71.2 Å². The van der Waals surface area contributed by atoms with Crippen LogP contribution in [0, 0.1) is 0 Å².